The Hall–Kier alpha value is -3.49. The summed E-state index contributed by atoms with van der Waals surface area (Å²) in [7, 11) is 0. The van der Waals surface area contributed by atoms with Crippen molar-refractivity contribution in [2.24, 2.45) is 5.73 Å². The molecule has 3 aromatic rings. The number of hydrogen-bond acceptors (Lipinski definition) is 6. The number of nitrogens with two attached hydrogens (primary N) is 1. The Morgan fingerprint density at radius 1 is 1.00 bits per heavy atom. The van der Waals surface area contributed by atoms with Crippen LogP contribution in [0.4, 0.5) is 5.82 Å². The third kappa shape index (κ3) is 7.04. The molecule has 0 atom stereocenters. The Kier molecular flexibility index (Phi) is 8.53. The lowest BCUT2D eigenvalue weighted by Crippen LogP contribution is -2.29. The molecule has 2 aromatic carbocycles. The molecule has 166 valence electrons. The lowest BCUT2D eigenvalue weighted by atomic mass is 10.1. The molecule has 0 spiro atoms. The van der Waals surface area contributed by atoms with Gasteiger partial charge in [0.05, 0.1) is 6.61 Å². The van der Waals surface area contributed by atoms with Crippen LogP contribution in [0.5, 0.6) is 0 Å². The molecule has 1 aromatic heterocycles. The minimum absolute atomic E-state index is 0.0223. The van der Waals surface area contributed by atoms with Gasteiger partial charge in [-0.3, -0.25) is 9.59 Å². The lowest BCUT2D eigenvalue weighted by Gasteiger charge is -2.09. The predicted octanol–water partition coefficient (Wildman–Crippen LogP) is 2.72. The molecule has 0 aliphatic rings. The number of aromatic nitrogens is 2. The molecule has 0 radical (unpaired) electrons. The van der Waals surface area contributed by atoms with Crippen LogP contribution in [0.1, 0.15) is 27.2 Å². The molecule has 2 amide bonds. The van der Waals surface area contributed by atoms with Gasteiger partial charge in [-0.1, -0.05) is 54.1 Å². The van der Waals surface area contributed by atoms with E-state index in [0.717, 1.165) is 16.7 Å². The number of benzene rings is 2. The number of nitrogens with one attached hydrogen (secondary N) is 2. The Morgan fingerprint density at radius 2 is 1.72 bits per heavy atom. The number of carbonyl (C=O) groups is 2. The van der Waals surface area contributed by atoms with Crippen molar-refractivity contribution < 1.29 is 14.3 Å². The number of amides is 2. The maximum Gasteiger partial charge on any atom is 0.271 e. The topological polar surface area (TPSA) is 119 Å². The van der Waals surface area contributed by atoms with Gasteiger partial charge in [0.25, 0.3) is 5.91 Å². The number of rotatable bonds is 11. The fourth-order valence-electron chi connectivity index (χ4n) is 2.92. The molecule has 0 saturated heterocycles. The lowest BCUT2D eigenvalue weighted by molar-refractivity contribution is -0.126. The van der Waals surface area contributed by atoms with E-state index in [9.17, 15) is 9.59 Å². The van der Waals surface area contributed by atoms with Crippen molar-refractivity contribution in [3.05, 3.63) is 88.3 Å². The fourth-order valence-corrected chi connectivity index (χ4v) is 3.11. The Balaban J connectivity index is 1.37. The van der Waals surface area contributed by atoms with Gasteiger partial charge in [0.15, 0.2) is 11.5 Å². The van der Waals surface area contributed by atoms with E-state index in [2.05, 4.69) is 20.6 Å². The van der Waals surface area contributed by atoms with Crippen molar-refractivity contribution in [2.45, 2.75) is 19.6 Å². The summed E-state index contributed by atoms with van der Waals surface area (Å²) < 4.78 is 5.43. The van der Waals surface area contributed by atoms with Crippen LogP contribution in [-0.4, -0.2) is 34.9 Å². The van der Waals surface area contributed by atoms with Gasteiger partial charge < -0.3 is 21.1 Å². The second kappa shape index (κ2) is 11.8. The largest absolute Gasteiger partial charge is 0.367 e. The SMILES string of the molecule is NC(=O)c1nccnc1NCc1ccc(CCNC(=O)COCc2ccccc2Cl)cc1. The quantitative estimate of drug-likeness (QED) is 0.410. The summed E-state index contributed by atoms with van der Waals surface area (Å²) >= 11 is 6.06. The van der Waals surface area contributed by atoms with Crippen LogP contribution in [0.15, 0.2) is 60.9 Å². The number of ether oxygens (including phenoxy) is 1. The summed E-state index contributed by atoms with van der Waals surface area (Å²) in [5.74, 6) is -0.456. The van der Waals surface area contributed by atoms with Crippen molar-refractivity contribution in [1.82, 2.24) is 15.3 Å². The molecule has 0 aliphatic carbocycles. The first-order valence-corrected chi connectivity index (χ1v) is 10.4. The van der Waals surface area contributed by atoms with Gasteiger partial charge in [-0.05, 0) is 29.2 Å². The molecule has 8 nitrogen and oxygen atoms in total. The highest BCUT2D eigenvalue weighted by Crippen LogP contribution is 2.15. The zero-order chi connectivity index (χ0) is 22.8. The van der Waals surface area contributed by atoms with Gasteiger partial charge in [-0.15, -0.1) is 0 Å². The highest BCUT2D eigenvalue weighted by molar-refractivity contribution is 6.31. The summed E-state index contributed by atoms with van der Waals surface area (Å²) in [4.78, 5) is 31.4. The molecule has 0 bridgehead atoms. The van der Waals surface area contributed by atoms with E-state index >= 15 is 0 Å². The first kappa shape index (κ1) is 23.2. The first-order valence-electron chi connectivity index (χ1n) is 10.0. The fraction of sp³-hybridized carbons (Fsp3) is 0.217. The van der Waals surface area contributed by atoms with Gasteiger partial charge in [0.2, 0.25) is 5.91 Å². The van der Waals surface area contributed by atoms with E-state index in [1.165, 1.54) is 12.4 Å². The van der Waals surface area contributed by atoms with E-state index in [1.807, 2.05) is 42.5 Å². The summed E-state index contributed by atoms with van der Waals surface area (Å²) in [5, 5.41) is 6.53. The minimum atomic E-state index is -0.632. The van der Waals surface area contributed by atoms with Crippen molar-refractivity contribution in [2.75, 3.05) is 18.5 Å². The number of nitrogens with zero attached hydrogens (tertiary/aromatic N) is 2. The number of primary amides is 1. The third-order valence-electron chi connectivity index (χ3n) is 4.60. The monoisotopic (exact) mass is 453 g/mol. The smallest absolute Gasteiger partial charge is 0.271 e. The standard InChI is InChI=1S/C23H24ClN5O3/c24-19-4-2-1-3-18(19)14-32-15-20(30)26-10-9-16-5-7-17(8-6-16)13-29-23-21(22(25)31)27-11-12-28-23/h1-8,11-12H,9-10,13-15H2,(H2,25,31)(H,26,30)(H,28,29). The Bertz CT molecular complexity index is 1060. The molecule has 0 unspecified atom stereocenters. The van der Waals surface area contributed by atoms with E-state index < -0.39 is 5.91 Å². The van der Waals surface area contributed by atoms with E-state index in [1.54, 1.807) is 6.07 Å². The molecule has 1 heterocycles. The van der Waals surface area contributed by atoms with Crippen molar-refractivity contribution >= 4 is 29.2 Å². The van der Waals surface area contributed by atoms with E-state index in [-0.39, 0.29) is 24.8 Å². The molecular formula is C23H24ClN5O3. The summed E-state index contributed by atoms with van der Waals surface area (Å²) in [5.41, 5.74) is 8.35. The van der Waals surface area contributed by atoms with Gasteiger partial charge >= 0.3 is 0 Å². The number of anilines is 1. The zero-order valence-corrected chi connectivity index (χ0v) is 18.1. The van der Waals surface area contributed by atoms with Crippen LogP contribution >= 0.6 is 11.6 Å². The normalized spacial score (nSPS) is 10.5. The number of hydrogen-bond donors (Lipinski definition) is 3. The van der Waals surface area contributed by atoms with E-state index in [4.69, 9.17) is 22.1 Å². The second-order valence-electron chi connectivity index (χ2n) is 6.97. The predicted molar refractivity (Wildman–Crippen MR) is 122 cm³/mol. The maximum absolute atomic E-state index is 11.9. The first-order chi connectivity index (χ1) is 15.5. The van der Waals surface area contributed by atoms with Gasteiger partial charge in [-0.25, -0.2) is 9.97 Å². The van der Waals surface area contributed by atoms with Gasteiger partial charge in [-0.2, -0.15) is 0 Å². The average molecular weight is 454 g/mol. The van der Waals surface area contributed by atoms with Crippen LogP contribution < -0.4 is 16.4 Å². The molecule has 32 heavy (non-hydrogen) atoms. The summed E-state index contributed by atoms with van der Waals surface area (Å²) in [6.07, 6.45) is 3.61. The highest BCUT2D eigenvalue weighted by Gasteiger charge is 2.10. The highest BCUT2D eigenvalue weighted by atomic mass is 35.5. The van der Waals surface area contributed by atoms with Gasteiger partial charge in [0.1, 0.15) is 6.61 Å². The van der Waals surface area contributed by atoms with Gasteiger partial charge in [0, 0.05) is 30.5 Å². The van der Waals surface area contributed by atoms with Crippen LogP contribution in [0, 0.1) is 0 Å². The molecule has 0 aliphatic heterocycles. The molecule has 0 fully saturated rings. The van der Waals surface area contributed by atoms with Crippen molar-refractivity contribution in [1.29, 1.82) is 0 Å². The molecular weight excluding hydrogens is 430 g/mol. The summed E-state index contributed by atoms with van der Waals surface area (Å²) in [6.45, 7) is 1.25. The van der Waals surface area contributed by atoms with Crippen LogP contribution in [0.3, 0.4) is 0 Å². The van der Waals surface area contributed by atoms with Crippen LogP contribution in [0.2, 0.25) is 5.02 Å². The molecule has 9 heteroatoms. The third-order valence-corrected chi connectivity index (χ3v) is 4.97. The van der Waals surface area contributed by atoms with Crippen LogP contribution in [0.25, 0.3) is 0 Å². The molecule has 0 saturated carbocycles. The Labute approximate surface area is 191 Å². The molecule has 3 rings (SSSR count). The van der Waals surface area contributed by atoms with E-state index in [0.29, 0.717) is 30.4 Å². The second-order valence-corrected chi connectivity index (χ2v) is 7.38. The summed E-state index contributed by atoms with van der Waals surface area (Å²) in [6, 6.07) is 15.3. The van der Waals surface area contributed by atoms with Crippen molar-refractivity contribution in [3.8, 4) is 0 Å². The Morgan fingerprint density at radius 3 is 2.47 bits per heavy atom. The number of halogens is 1. The average Bonchev–Trinajstić information content (AvgIpc) is 2.80. The van der Waals surface area contributed by atoms with Crippen LogP contribution in [-0.2, 0) is 29.1 Å². The zero-order valence-electron chi connectivity index (χ0n) is 17.4. The number of carbonyl (C=O) groups excluding carboxylic acids is 2. The maximum atomic E-state index is 11.9. The molecule has 4 N–H and O–H groups in total. The minimum Gasteiger partial charge on any atom is -0.367 e. The van der Waals surface area contributed by atoms with Crippen molar-refractivity contribution in [3.63, 3.8) is 0 Å².